The number of para-hydroxylation sites is 1. The van der Waals surface area contributed by atoms with Crippen LogP contribution in [-0.4, -0.2) is 35.6 Å². The number of hydrogen-bond donors (Lipinski definition) is 1. The number of amides is 1. The lowest BCUT2D eigenvalue weighted by atomic mass is 10.2. The smallest absolute Gasteiger partial charge is 0.355 e. The number of benzene rings is 1. The fourth-order valence-electron chi connectivity index (χ4n) is 2.79. The SMILES string of the molecule is COC(=O)c1ccccc1NC(=O)Cn1c(C(=O)OC(C)C)cc2ccsc21. The van der Waals surface area contributed by atoms with E-state index in [-0.39, 0.29) is 24.1 Å². The van der Waals surface area contributed by atoms with Crippen LogP contribution in [0.3, 0.4) is 0 Å². The highest BCUT2D eigenvalue weighted by atomic mass is 32.1. The molecule has 0 spiro atoms. The number of nitrogens with one attached hydrogen (secondary N) is 1. The van der Waals surface area contributed by atoms with Gasteiger partial charge >= 0.3 is 11.9 Å². The number of methoxy groups -OCH3 is 1. The number of thiophene rings is 1. The summed E-state index contributed by atoms with van der Waals surface area (Å²) >= 11 is 1.43. The second kappa shape index (κ2) is 8.26. The number of fused-ring (bicyclic) bond motifs is 1. The first-order valence-corrected chi connectivity index (χ1v) is 9.53. The number of rotatable bonds is 6. The van der Waals surface area contributed by atoms with E-state index in [2.05, 4.69) is 5.32 Å². The molecule has 0 aliphatic heterocycles. The Bertz CT molecular complexity index is 1030. The number of carbonyl (C=O) groups is 3. The van der Waals surface area contributed by atoms with Crippen molar-refractivity contribution >= 4 is 45.1 Å². The standard InChI is InChI=1S/C20H20N2O5S/c1-12(2)27-20(25)16-10-13-8-9-28-18(13)22(16)11-17(23)21-15-7-5-4-6-14(15)19(24)26-3/h4-10,12H,11H2,1-3H3,(H,21,23). The molecule has 0 atom stereocenters. The highest BCUT2D eigenvalue weighted by Crippen LogP contribution is 2.26. The summed E-state index contributed by atoms with van der Waals surface area (Å²) in [5.74, 6) is -1.40. The predicted octanol–water partition coefficient (Wildman–Crippen LogP) is 3.69. The minimum Gasteiger partial charge on any atom is -0.465 e. The van der Waals surface area contributed by atoms with Gasteiger partial charge in [0.15, 0.2) is 0 Å². The topological polar surface area (TPSA) is 86.6 Å². The average molecular weight is 400 g/mol. The number of aromatic nitrogens is 1. The van der Waals surface area contributed by atoms with E-state index in [4.69, 9.17) is 9.47 Å². The van der Waals surface area contributed by atoms with Crippen molar-refractivity contribution in [1.82, 2.24) is 4.57 Å². The van der Waals surface area contributed by atoms with Crippen molar-refractivity contribution in [1.29, 1.82) is 0 Å². The first-order chi connectivity index (χ1) is 13.4. The Hall–Kier alpha value is -3.13. The minimum absolute atomic E-state index is 0.0952. The fourth-order valence-corrected chi connectivity index (χ4v) is 3.69. The van der Waals surface area contributed by atoms with Gasteiger partial charge in [-0.15, -0.1) is 11.3 Å². The van der Waals surface area contributed by atoms with Crippen molar-refractivity contribution in [3.8, 4) is 0 Å². The molecular formula is C20H20N2O5S. The van der Waals surface area contributed by atoms with E-state index in [9.17, 15) is 14.4 Å². The molecule has 0 aliphatic carbocycles. The molecule has 2 aromatic heterocycles. The molecule has 0 unspecified atom stereocenters. The third kappa shape index (κ3) is 4.07. The molecule has 28 heavy (non-hydrogen) atoms. The number of esters is 2. The number of nitrogens with zero attached hydrogens (tertiary/aromatic N) is 1. The van der Waals surface area contributed by atoms with E-state index < -0.39 is 11.9 Å². The Morgan fingerprint density at radius 3 is 2.61 bits per heavy atom. The second-order valence-electron chi connectivity index (χ2n) is 6.34. The van der Waals surface area contributed by atoms with Crippen LogP contribution in [0.2, 0.25) is 0 Å². The summed E-state index contributed by atoms with van der Waals surface area (Å²) in [5, 5.41) is 5.48. The van der Waals surface area contributed by atoms with Gasteiger partial charge in [-0.1, -0.05) is 12.1 Å². The summed E-state index contributed by atoms with van der Waals surface area (Å²) in [4.78, 5) is 37.8. The molecule has 0 aliphatic rings. The van der Waals surface area contributed by atoms with Gasteiger partial charge in [0.25, 0.3) is 0 Å². The van der Waals surface area contributed by atoms with Crippen molar-refractivity contribution in [2.45, 2.75) is 26.5 Å². The molecule has 2 heterocycles. The van der Waals surface area contributed by atoms with E-state index in [0.717, 1.165) is 10.2 Å². The van der Waals surface area contributed by atoms with Gasteiger partial charge in [0.05, 0.1) is 24.5 Å². The monoisotopic (exact) mass is 400 g/mol. The Morgan fingerprint density at radius 1 is 1.14 bits per heavy atom. The number of anilines is 1. The van der Waals surface area contributed by atoms with Crippen molar-refractivity contribution in [2.24, 2.45) is 0 Å². The molecule has 146 valence electrons. The largest absolute Gasteiger partial charge is 0.465 e. The van der Waals surface area contributed by atoms with Crippen LogP contribution < -0.4 is 5.32 Å². The molecule has 1 aromatic carbocycles. The molecule has 0 bridgehead atoms. The molecular weight excluding hydrogens is 380 g/mol. The van der Waals surface area contributed by atoms with Crippen LogP contribution in [-0.2, 0) is 20.8 Å². The Labute approximate surface area is 165 Å². The van der Waals surface area contributed by atoms with Gasteiger partial charge < -0.3 is 19.4 Å². The lowest BCUT2D eigenvalue weighted by molar-refractivity contribution is -0.116. The maximum Gasteiger partial charge on any atom is 0.355 e. The second-order valence-corrected chi connectivity index (χ2v) is 7.23. The van der Waals surface area contributed by atoms with E-state index in [1.807, 2.05) is 11.4 Å². The molecule has 0 saturated carbocycles. The van der Waals surface area contributed by atoms with Crippen LogP contribution in [0, 0.1) is 0 Å². The maximum absolute atomic E-state index is 12.7. The van der Waals surface area contributed by atoms with Gasteiger partial charge in [0.1, 0.15) is 17.1 Å². The van der Waals surface area contributed by atoms with E-state index in [0.29, 0.717) is 11.4 Å². The van der Waals surface area contributed by atoms with Crippen LogP contribution >= 0.6 is 11.3 Å². The molecule has 7 nitrogen and oxygen atoms in total. The van der Waals surface area contributed by atoms with Crippen molar-refractivity contribution in [2.75, 3.05) is 12.4 Å². The summed E-state index contributed by atoms with van der Waals surface area (Å²) in [6, 6.07) is 10.2. The van der Waals surface area contributed by atoms with Gasteiger partial charge in [-0.05, 0) is 43.5 Å². The lowest BCUT2D eigenvalue weighted by Crippen LogP contribution is -2.23. The van der Waals surface area contributed by atoms with Crippen LogP contribution in [0.5, 0.6) is 0 Å². The third-order valence-corrected chi connectivity index (χ3v) is 4.91. The van der Waals surface area contributed by atoms with Crippen molar-refractivity contribution in [3.63, 3.8) is 0 Å². The Balaban J connectivity index is 1.87. The van der Waals surface area contributed by atoms with Gasteiger partial charge in [0.2, 0.25) is 5.91 Å². The Kier molecular flexibility index (Phi) is 5.79. The average Bonchev–Trinajstić information content (AvgIpc) is 3.23. The van der Waals surface area contributed by atoms with Gasteiger partial charge in [-0.3, -0.25) is 4.79 Å². The normalized spacial score (nSPS) is 10.9. The quantitative estimate of drug-likeness (QED) is 0.638. The van der Waals surface area contributed by atoms with Crippen LogP contribution in [0.1, 0.15) is 34.7 Å². The third-order valence-electron chi connectivity index (χ3n) is 3.96. The van der Waals surface area contributed by atoms with E-state index >= 15 is 0 Å². The summed E-state index contributed by atoms with van der Waals surface area (Å²) in [6.45, 7) is 3.44. The molecule has 0 saturated heterocycles. The fraction of sp³-hybridized carbons (Fsp3) is 0.250. The first kappa shape index (κ1) is 19.6. The molecule has 8 heteroatoms. The number of hydrogen-bond acceptors (Lipinski definition) is 6. The molecule has 1 amide bonds. The molecule has 3 rings (SSSR count). The minimum atomic E-state index is -0.543. The zero-order valence-electron chi connectivity index (χ0n) is 15.7. The summed E-state index contributed by atoms with van der Waals surface area (Å²) < 4.78 is 11.7. The van der Waals surface area contributed by atoms with E-state index in [1.54, 1.807) is 48.7 Å². The zero-order valence-corrected chi connectivity index (χ0v) is 16.5. The highest BCUT2D eigenvalue weighted by molar-refractivity contribution is 7.16. The van der Waals surface area contributed by atoms with Crippen LogP contribution in [0.4, 0.5) is 5.69 Å². The van der Waals surface area contributed by atoms with Crippen molar-refractivity contribution in [3.05, 3.63) is 53.0 Å². The van der Waals surface area contributed by atoms with Crippen LogP contribution in [0.25, 0.3) is 10.2 Å². The highest BCUT2D eigenvalue weighted by Gasteiger charge is 2.21. The summed E-state index contributed by atoms with van der Waals surface area (Å²) in [5.41, 5.74) is 0.916. The summed E-state index contributed by atoms with van der Waals surface area (Å²) in [6.07, 6.45) is -0.269. The maximum atomic E-state index is 12.7. The summed E-state index contributed by atoms with van der Waals surface area (Å²) in [7, 11) is 1.28. The van der Waals surface area contributed by atoms with Crippen LogP contribution in [0.15, 0.2) is 41.8 Å². The predicted molar refractivity (Wildman–Crippen MR) is 107 cm³/mol. The van der Waals surface area contributed by atoms with E-state index in [1.165, 1.54) is 18.4 Å². The van der Waals surface area contributed by atoms with Gasteiger partial charge in [0, 0.05) is 5.39 Å². The first-order valence-electron chi connectivity index (χ1n) is 8.65. The van der Waals surface area contributed by atoms with Crippen molar-refractivity contribution < 1.29 is 23.9 Å². The Morgan fingerprint density at radius 2 is 1.89 bits per heavy atom. The zero-order chi connectivity index (χ0) is 20.3. The molecule has 0 radical (unpaired) electrons. The number of ether oxygens (including phenoxy) is 2. The molecule has 3 aromatic rings. The number of carbonyl (C=O) groups excluding carboxylic acids is 3. The molecule has 0 fully saturated rings. The molecule has 1 N–H and O–H groups in total. The lowest BCUT2D eigenvalue weighted by Gasteiger charge is -2.13. The van der Waals surface area contributed by atoms with Gasteiger partial charge in [-0.25, -0.2) is 9.59 Å². The van der Waals surface area contributed by atoms with Gasteiger partial charge in [-0.2, -0.15) is 0 Å².